The predicted molar refractivity (Wildman–Crippen MR) is 86.7 cm³/mol. The molecule has 0 aliphatic heterocycles. The van der Waals surface area contributed by atoms with Crippen molar-refractivity contribution < 1.29 is 8.95 Å². The quantitative estimate of drug-likeness (QED) is 0.731. The van der Waals surface area contributed by atoms with Gasteiger partial charge < -0.3 is 4.74 Å². The molecule has 21 heavy (non-hydrogen) atoms. The van der Waals surface area contributed by atoms with Crippen molar-refractivity contribution in [3.05, 3.63) is 58.6 Å². The lowest BCUT2D eigenvalue weighted by atomic mass is 10.2. The van der Waals surface area contributed by atoms with Gasteiger partial charge in [-0.3, -0.25) is 4.21 Å². The van der Waals surface area contributed by atoms with E-state index in [0.717, 1.165) is 15.1 Å². The highest BCUT2D eigenvalue weighted by atomic mass is 79.9. The Bertz CT molecular complexity index is 647. The molecule has 0 amide bonds. The normalized spacial score (nSPS) is 11.6. The van der Waals surface area contributed by atoms with E-state index in [9.17, 15) is 4.21 Å². The monoisotopic (exact) mass is 363 g/mol. The maximum Gasteiger partial charge on any atom is 0.119 e. The molecule has 2 aromatic rings. The number of halogens is 1. The first-order valence-electron chi connectivity index (χ1n) is 6.46. The van der Waals surface area contributed by atoms with Crippen LogP contribution in [0.25, 0.3) is 0 Å². The molecule has 108 valence electrons. The Morgan fingerprint density at radius 2 is 1.76 bits per heavy atom. The van der Waals surface area contributed by atoms with Crippen LogP contribution < -0.4 is 4.74 Å². The molecular weight excluding hydrogens is 350 g/mol. The zero-order valence-corrected chi connectivity index (χ0v) is 13.7. The summed E-state index contributed by atoms with van der Waals surface area (Å²) < 4.78 is 18.6. The molecule has 0 aromatic heterocycles. The predicted octanol–water partition coefficient (Wildman–Crippen LogP) is 3.90. The van der Waals surface area contributed by atoms with Gasteiger partial charge in [-0.15, -0.1) is 0 Å². The van der Waals surface area contributed by atoms with Gasteiger partial charge in [0.1, 0.15) is 5.75 Å². The van der Waals surface area contributed by atoms with E-state index in [0.29, 0.717) is 24.3 Å². The van der Waals surface area contributed by atoms with E-state index in [1.165, 1.54) is 0 Å². The summed E-state index contributed by atoms with van der Waals surface area (Å²) in [7, 11) is -0.999. The molecule has 1 atom stereocenters. The molecule has 0 radical (unpaired) electrons. The first-order valence-corrected chi connectivity index (χ1v) is 8.57. The minimum absolute atomic E-state index is 0.508. The van der Waals surface area contributed by atoms with Crippen LogP contribution in [-0.4, -0.2) is 16.6 Å². The van der Waals surface area contributed by atoms with Crippen molar-refractivity contribution in [1.82, 2.24) is 0 Å². The Labute approximate surface area is 135 Å². The summed E-state index contributed by atoms with van der Waals surface area (Å²) in [6.45, 7) is 0.508. The summed E-state index contributed by atoms with van der Waals surface area (Å²) in [6, 6.07) is 16.5. The van der Waals surface area contributed by atoms with Crippen molar-refractivity contribution in [2.24, 2.45) is 0 Å². The Balaban J connectivity index is 1.75. The van der Waals surface area contributed by atoms with E-state index in [-0.39, 0.29) is 0 Å². The Hall–Kier alpha value is -1.64. The fourth-order valence-electron chi connectivity index (χ4n) is 1.71. The molecule has 2 aromatic carbocycles. The Kier molecular flexibility index (Phi) is 5.97. The lowest BCUT2D eigenvalue weighted by molar-refractivity contribution is 0.318. The van der Waals surface area contributed by atoms with Crippen LogP contribution in [-0.2, 0) is 10.8 Å². The smallest absolute Gasteiger partial charge is 0.119 e. The van der Waals surface area contributed by atoms with Crippen LogP contribution in [0.5, 0.6) is 5.75 Å². The standard InChI is InChI=1S/C16H14BrNO2S/c17-14-4-8-16(9-5-14)21(19)11-1-10-20-15-6-2-13(12-18)3-7-15/h2-9H,1,10-11H2. The molecule has 1 unspecified atom stereocenters. The molecule has 0 bridgehead atoms. The summed E-state index contributed by atoms with van der Waals surface area (Å²) in [6.07, 6.45) is 0.711. The average molecular weight is 364 g/mol. The molecular formula is C16H14BrNO2S. The summed E-state index contributed by atoms with van der Waals surface area (Å²) in [5, 5.41) is 8.70. The van der Waals surface area contributed by atoms with E-state index in [4.69, 9.17) is 10.00 Å². The molecule has 0 heterocycles. The fourth-order valence-corrected chi connectivity index (χ4v) is 3.03. The lowest BCUT2D eigenvalue weighted by Gasteiger charge is -2.06. The van der Waals surface area contributed by atoms with Crippen LogP contribution in [0.2, 0.25) is 0 Å². The van der Waals surface area contributed by atoms with Gasteiger partial charge in [0, 0.05) is 15.1 Å². The van der Waals surface area contributed by atoms with Crippen LogP contribution in [0.4, 0.5) is 0 Å². The van der Waals surface area contributed by atoms with Crippen molar-refractivity contribution in [2.45, 2.75) is 11.3 Å². The van der Waals surface area contributed by atoms with Gasteiger partial charge in [0.25, 0.3) is 0 Å². The maximum atomic E-state index is 12.1. The number of nitriles is 1. The topological polar surface area (TPSA) is 50.1 Å². The van der Waals surface area contributed by atoms with Gasteiger partial charge in [0.05, 0.1) is 29.0 Å². The van der Waals surface area contributed by atoms with E-state index in [2.05, 4.69) is 22.0 Å². The average Bonchev–Trinajstić information content (AvgIpc) is 2.52. The van der Waals surface area contributed by atoms with Gasteiger partial charge in [-0.2, -0.15) is 5.26 Å². The second-order valence-electron chi connectivity index (χ2n) is 4.34. The maximum absolute atomic E-state index is 12.1. The van der Waals surface area contributed by atoms with Gasteiger partial charge in [0.15, 0.2) is 0 Å². The van der Waals surface area contributed by atoms with E-state index in [1.54, 1.807) is 24.3 Å². The van der Waals surface area contributed by atoms with Crippen LogP contribution >= 0.6 is 15.9 Å². The first kappa shape index (κ1) is 15.7. The van der Waals surface area contributed by atoms with Crippen molar-refractivity contribution in [3.63, 3.8) is 0 Å². The Morgan fingerprint density at radius 3 is 2.38 bits per heavy atom. The van der Waals surface area contributed by atoms with Gasteiger partial charge >= 0.3 is 0 Å². The van der Waals surface area contributed by atoms with Gasteiger partial charge in [0.2, 0.25) is 0 Å². The van der Waals surface area contributed by atoms with Gasteiger partial charge in [-0.1, -0.05) is 15.9 Å². The number of ether oxygens (including phenoxy) is 1. The minimum Gasteiger partial charge on any atom is -0.494 e. The van der Waals surface area contributed by atoms with Crippen LogP contribution in [0.3, 0.4) is 0 Å². The van der Waals surface area contributed by atoms with E-state index < -0.39 is 10.8 Å². The number of hydrogen-bond acceptors (Lipinski definition) is 3. The second-order valence-corrected chi connectivity index (χ2v) is 6.83. The zero-order valence-electron chi connectivity index (χ0n) is 11.3. The van der Waals surface area contributed by atoms with Crippen molar-refractivity contribution >= 4 is 26.7 Å². The third kappa shape index (κ3) is 5.00. The number of rotatable bonds is 6. The van der Waals surface area contributed by atoms with Gasteiger partial charge in [-0.05, 0) is 55.0 Å². The third-order valence-corrected chi connectivity index (χ3v) is 4.79. The minimum atomic E-state index is -0.999. The van der Waals surface area contributed by atoms with E-state index >= 15 is 0 Å². The highest BCUT2D eigenvalue weighted by Gasteiger charge is 2.03. The van der Waals surface area contributed by atoms with Gasteiger partial charge in [-0.25, -0.2) is 0 Å². The van der Waals surface area contributed by atoms with Crippen LogP contribution in [0, 0.1) is 11.3 Å². The van der Waals surface area contributed by atoms with Crippen molar-refractivity contribution in [2.75, 3.05) is 12.4 Å². The Morgan fingerprint density at radius 1 is 1.10 bits per heavy atom. The molecule has 0 saturated heterocycles. The highest BCUT2D eigenvalue weighted by Crippen LogP contribution is 2.15. The largest absolute Gasteiger partial charge is 0.494 e. The van der Waals surface area contributed by atoms with Crippen molar-refractivity contribution in [3.8, 4) is 11.8 Å². The highest BCUT2D eigenvalue weighted by molar-refractivity contribution is 9.10. The fraction of sp³-hybridized carbons (Fsp3) is 0.188. The molecule has 0 spiro atoms. The SMILES string of the molecule is N#Cc1ccc(OCCCS(=O)c2ccc(Br)cc2)cc1. The second kappa shape index (κ2) is 7.96. The van der Waals surface area contributed by atoms with Crippen molar-refractivity contribution in [1.29, 1.82) is 5.26 Å². The molecule has 0 saturated carbocycles. The third-order valence-electron chi connectivity index (χ3n) is 2.80. The first-order chi connectivity index (χ1) is 10.2. The molecule has 0 aliphatic rings. The molecule has 5 heteroatoms. The molecule has 2 rings (SSSR count). The molecule has 0 fully saturated rings. The summed E-state index contributed by atoms with van der Waals surface area (Å²) in [5.41, 5.74) is 0.610. The van der Waals surface area contributed by atoms with E-state index in [1.807, 2.05) is 24.3 Å². The molecule has 0 N–H and O–H groups in total. The summed E-state index contributed by atoms with van der Waals surface area (Å²) in [5.74, 6) is 1.29. The molecule has 0 aliphatic carbocycles. The number of benzene rings is 2. The lowest BCUT2D eigenvalue weighted by Crippen LogP contribution is -2.05. The number of nitrogens with zero attached hydrogens (tertiary/aromatic N) is 1. The zero-order chi connectivity index (χ0) is 15.1. The summed E-state index contributed by atoms with van der Waals surface area (Å²) >= 11 is 3.36. The molecule has 3 nitrogen and oxygen atoms in total. The van der Waals surface area contributed by atoms with Crippen LogP contribution in [0.15, 0.2) is 57.9 Å². The number of hydrogen-bond donors (Lipinski definition) is 0. The van der Waals surface area contributed by atoms with Crippen LogP contribution in [0.1, 0.15) is 12.0 Å². The summed E-state index contributed by atoms with van der Waals surface area (Å²) in [4.78, 5) is 0.830.